The van der Waals surface area contributed by atoms with Crippen molar-refractivity contribution in [3.05, 3.63) is 59.7 Å². The van der Waals surface area contributed by atoms with Crippen molar-refractivity contribution in [2.24, 2.45) is 0 Å². The second-order valence-corrected chi connectivity index (χ2v) is 6.34. The van der Waals surface area contributed by atoms with Gasteiger partial charge in [0.15, 0.2) is 11.9 Å². The minimum absolute atomic E-state index is 0.219. The smallest absolute Gasteiger partial charge is 0.335 e. The first-order valence-electron chi connectivity index (χ1n) is 7.80. The molecule has 1 atom stereocenters. The minimum Gasteiger partial charge on any atom is -0.478 e. The van der Waals surface area contributed by atoms with Crippen molar-refractivity contribution in [2.75, 3.05) is 11.6 Å². The fraction of sp³-hybridized carbons (Fsp3) is 0.111. The average Bonchev–Trinajstić information content (AvgIpc) is 2.84. The number of carboxylic acids is 1. The zero-order valence-electron chi connectivity index (χ0n) is 13.7. The molecule has 1 aromatic heterocycles. The van der Waals surface area contributed by atoms with E-state index in [0.29, 0.717) is 16.7 Å². The fourth-order valence-electron chi connectivity index (χ4n) is 2.69. The molecule has 26 heavy (non-hydrogen) atoms. The lowest BCUT2D eigenvalue weighted by Gasteiger charge is -2.19. The lowest BCUT2D eigenvalue weighted by atomic mass is 10.1. The van der Waals surface area contributed by atoms with Gasteiger partial charge in [-0.3, -0.25) is 0 Å². The predicted molar refractivity (Wildman–Crippen MR) is 97.4 cm³/mol. The van der Waals surface area contributed by atoms with Gasteiger partial charge >= 0.3 is 5.97 Å². The van der Waals surface area contributed by atoms with Crippen molar-refractivity contribution < 1.29 is 14.6 Å². The van der Waals surface area contributed by atoms with Gasteiger partial charge < -0.3 is 15.2 Å². The van der Waals surface area contributed by atoms with Gasteiger partial charge in [-0.1, -0.05) is 42.1 Å². The number of nitrogens with zero attached hydrogens (tertiary/aromatic N) is 3. The number of aromatic nitrogens is 3. The van der Waals surface area contributed by atoms with E-state index in [2.05, 4.69) is 20.5 Å². The first-order valence-corrected chi connectivity index (χ1v) is 9.03. The number of carboxylic acid groups (broad SMARTS) is 1. The monoisotopic (exact) mass is 366 g/mol. The van der Waals surface area contributed by atoms with Crippen molar-refractivity contribution in [1.29, 1.82) is 0 Å². The lowest BCUT2D eigenvalue weighted by molar-refractivity contribution is 0.0696. The number of rotatable bonds is 3. The number of hydrogen-bond acceptors (Lipinski definition) is 7. The van der Waals surface area contributed by atoms with E-state index in [1.165, 1.54) is 11.8 Å². The Bertz CT molecular complexity index is 978. The van der Waals surface area contributed by atoms with Gasteiger partial charge in [-0.05, 0) is 24.5 Å². The normalized spacial score (nSPS) is 15.0. The van der Waals surface area contributed by atoms with Crippen LogP contribution in [0.5, 0.6) is 5.88 Å². The fourth-order valence-corrected chi connectivity index (χ4v) is 2.98. The Labute approximate surface area is 153 Å². The largest absolute Gasteiger partial charge is 0.478 e. The molecule has 4 rings (SSSR count). The van der Waals surface area contributed by atoms with Crippen molar-refractivity contribution in [2.45, 2.75) is 11.4 Å². The number of thioether (sulfide) groups is 1. The molecule has 0 saturated carbocycles. The van der Waals surface area contributed by atoms with Crippen LogP contribution in [-0.2, 0) is 0 Å². The molecule has 130 valence electrons. The third-order valence-corrected chi connectivity index (χ3v) is 4.51. The highest BCUT2D eigenvalue weighted by atomic mass is 32.2. The second kappa shape index (κ2) is 6.64. The van der Waals surface area contributed by atoms with E-state index < -0.39 is 12.2 Å². The topological polar surface area (TPSA) is 97.2 Å². The molecule has 2 N–H and O–H groups in total. The molecule has 0 bridgehead atoms. The number of anilines is 1. The van der Waals surface area contributed by atoms with Crippen molar-refractivity contribution in [3.8, 4) is 17.1 Å². The Morgan fingerprint density at radius 1 is 1.15 bits per heavy atom. The van der Waals surface area contributed by atoms with E-state index in [4.69, 9.17) is 9.84 Å². The number of ether oxygens (including phenoxy) is 1. The molecule has 3 aromatic rings. The highest BCUT2D eigenvalue weighted by molar-refractivity contribution is 7.98. The quantitative estimate of drug-likeness (QED) is 0.680. The van der Waals surface area contributed by atoms with Gasteiger partial charge in [0.2, 0.25) is 11.0 Å². The summed E-state index contributed by atoms with van der Waals surface area (Å²) in [6.45, 7) is 0. The van der Waals surface area contributed by atoms with Crippen molar-refractivity contribution >= 4 is 23.4 Å². The highest BCUT2D eigenvalue weighted by Gasteiger charge is 2.25. The van der Waals surface area contributed by atoms with Crippen LogP contribution < -0.4 is 10.1 Å². The molecule has 0 spiro atoms. The van der Waals surface area contributed by atoms with Crippen LogP contribution in [-0.4, -0.2) is 32.5 Å². The molecule has 2 aromatic carbocycles. The standard InChI is InChI=1S/C18H14N4O3S/c1-26-18-20-16-14(21-22-18)12-4-2-3-5-13(12)19-15(25-16)10-6-8-11(9-7-10)17(23)24/h2-9,15,19H,1H3,(H,23,24)/t15-/m1/s1. The zero-order chi connectivity index (χ0) is 18.1. The van der Waals surface area contributed by atoms with Gasteiger partial charge in [-0.25, -0.2) is 4.79 Å². The number of para-hydroxylation sites is 1. The van der Waals surface area contributed by atoms with E-state index in [0.717, 1.165) is 16.8 Å². The van der Waals surface area contributed by atoms with Gasteiger partial charge in [0, 0.05) is 16.8 Å². The molecule has 1 aliphatic heterocycles. The van der Waals surface area contributed by atoms with E-state index >= 15 is 0 Å². The molecule has 0 radical (unpaired) electrons. The third-order valence-electron chi connectivity index (χ3n) is 3.98. The molecule has 8 heteroatoms. The SMILES string of the molecule is CSc1nnc2c(n1)O[C@H](c1ccc(C(=O)O)cc1)Nc1ccccc1-2. The van der Waals surface area contributed by atoms with Crippen molar-refractivity contribution in [3.63, 3.8) is 0 Å². The summed E-state index contributed by atoms with van der Waals surface area (Å²) in [6, 6.07) is 14.2. The van der Waals surface area contributed by atoms with Crippen LogP contribution in [0, 0.1) is 0 Å². The first kappa shape index (κ1) is 16.3. The van der Waals surface area contributed by atoms with Crippen LogP contribution in [0.4, 0.5) is 5.69 Å². The van der Waals surface area contributed by atoms with Crippen LogP contribution in [0.15, 0.2) is 53.7 Å². The van der Waals surface area contributed by atoms with Gasteiger partial charge in [0.05, 0.1) is 5.56 Å². The van der Waals surface area contributed by atoms with E-state index in [9.17, 15) is 4.79 Å². The average molecular weight is 366 g/mol. The molecule has 2 heterocycles. The number of carbonyl (C=O) groups is 1. The summed E-state index contributed by atoms with van der Waals surface area (Å²) in [5.41, 5.74) is 3.25. The maximum Gasteiger partial charge on any atom is 0.335 e. The number of fused-ring (bicyclic) bond motifs is 3. The molecular weight excluding hydrogens is 352 g/mol. The van der Waals surface area contributed by atoms with Crippen LogP contribution in [0.25, 0.3) is 11.3 Å². The lowest BCUT2D eigenvalue weighted by Crippen LogP contribution is -2.17. The summed E-state index contributed by atoms with van der Waals surface area (Å²) >= 11 is 1.38. The molecule has 0 saturated heterocycles. The molecule has 0 amide bonds. The molecule has 0 unspecified atom stereocenters. The van der Waals surface area contributed by atoms with Crippen molar-refractivity contribution in [1.82, 2.24) is 15.2 Å². The van der Waals surface area contributed by atoms with Gasteiger partial charge in [0.25, 0.3) is 0 Å². The third kappa shape index (κ3) is 2.95. The first-order chi connectivity index (χ1) is 12.7. The Hall–Kier alpha value is -3.13. The molecule has 0 aliphatic carbocycles. The Kier molecular flexibility index (Phi) is 4.18. The molecular formula is C18H14N4O3S. The zero-order valence-corrected chi connectivity index (χ0v) is 14.5. The predicted octanol–water partition coefficient (Wildman–Crippen LogP) is 3.46. The van der Waals surface area contributed by atoms with Gasteiger partial charge in [-0.15, -0.1) is 10.2 Å². The molecule has 7 nitrogen and oxygen atoms in total. The van der Waals surface area contributed by atoms with Crippen LogP contribution in [0.3, 0.4) is 0 Å². The minimum atomic E-state index is -0.969. The number of benzene rings is 2. The van der Waals surface area contributed by atoms with Crippen LogP contribution in [0.2, 0.25) is 0 Å². The summed E-state index contributed by atoms with van der Waals surface area (Å²) in [7, 11) is 0. The summed E-state index contributed by atoms with van der Waals surface area (Å²) in [4.78, 5) is 15.5. The van der Waals surface area contributed by atoms with E-state index in [1.54, 1.807) is 24.3 Å². The highest BCUT2D eigenvalue weighted by Crippen LogP contribution is 2.39. The van der Waals surface area contributed by atoms with Gasteiger partial charge in [0.1, 0.15) is 0 Å². The Morgan fingerprint density at radius 3 is 2.65 bits per heavy atom. The Balaban J connectivity index is 1.80. The summed E-state index contributed by atoms with van der Waals surface area (Å²) in [5, 5.41) is 21.3. The molecule has 1 aliphatic rings. The number of nitrogens with one attached hydrogen (secondary N) is 1. The van der Waals surface area contributed by atoms with Crippen LogP contribution >= 0.6 is 11.8 Å². The number of aromatic carboxylic acids is 1. The second-order valence-electron chi connectivity index (χ2n) is 5.57. The van der Waals surface area contributed by atoms with Gasteiger partial charge in [-0.2, -0.15) is 4.98 Å². The summed E-state index contributed by atoms with van der Waals surface area (Å²) in [5.74, 6) is -0.586. The van der Waals surface area contributed by atoms with E-state index in [-0.39, 0.29) is 5.56 Å². The maximum absolute atomic E-state index is 11.1. The summed E-state index contributed by atoms with van der Waals surface area (Å²) < 4.78 is 6.08. The summed E-state index contributed by atoms with van der Waals surface area (Å²) in [6.07, 6.45) is 1.33. The molecule has 0 fully saturated rings. The van der Waals surface area contributed by atoms with Crippen LogP contribution in [0.1, 0.15) is 22.1 Å². The van der Waals surface area contributed by atoms with E-state index in [1.807, 2.05) is 30.5 Å². The number of hydrogen-bond donors (Lipinski definition) is 2. The Morgan fingerprint density at radius 2 is 1.92 bits per heavy atom. The maximum atomic E-state index is 11.1.